The van der Waals surface area contributed by atoms with Gasteiger partial charge in [0.2, 0.25) is 0 Å². The molecule has 2 amide bonds. The van der Waals surface area contributed by atoms with Crippen LogP contribution in [-0.2, 0) is 14.3 Å². The van der Waals surface area contributed by atoms with Gasteiger partial charge in [-0.15, -0.1) is 0 Å². The van der Waals surface area contributed by atoms with Crippen LogP contribution in [0.15, 0.2) is 54.3 Å². The summed E-state index contributed by atoms with van der Waals surface area (Å²) >= 11 is 0. The first-order valence-corrected chi connectivity index (χ1v) is 7.22. The molecule has 2 N–H and O–H groups in total. The molecule has 8 nitrogen and oxygen atoms in total. The van der Waals surface area contributed by atoms with Gasteiger partial charge in [-0.2, -0.15) is 0 Å². The van der Waals surface area contributed by atoms with Crippen molar-refractivity contribution >= 4 is 34.4 Å². The van der Waals surface area contributed by atoms with Crippen LogP contribution in [-0.4, -0.2) is 23.8 Å². The van der Waals surface area contributed by atoms with Crippen LogP contribution in [0.1, 0.15) is 5.56 Å². The lowest BCUT2D eigenvalue weighted by atomic mass is 10.1. The number of nitrogens with two attached hydrogens (primary N) is 1. The van der Waals surface area contributed by atoms with Gasteiger partial charge in [-0.1, -0.05) is 30.3 Å². The van der Waals surface area contributed by atoms with Crippen LogP contribution in [0.4, 0.5) is 17.1 Å². The van der Waals surface area contributed by atoms with Crippen molar-refractivity contribution in [2.45, 2.75) is 0 Å². The largest absolute Gasteiger partial charge is 0.490 e. The van der Waals surface area contributed by atoms with Crippen molar-refractivity contribution in [3.8, 4) is 0 Å². The van der Waals surface area contributed by atoms with E-state index in [2.05, 4.69) is 0 Å². The SMILES string of the molecule is COC1=C(c2ccccc2)C(=O)N(c2cc([N+](=O)[O-])ccc2N)C1=O. The first kappa shape index (κ1) is 16.2. The highest BCUT2D eigenvalue weighted by atomic mass is 16.6. The number of hydrogen-bond acceptors (Lipinski definition) is 6. The molecule has 0 radical (unpaired) electrons. The van der Waals surface area contributed by atoms with E-state index in [0.29, 0.717) is 5.56 Å². The molecule has 0 atom stereocenters. The van der Waals surface area contributed by atoms with Crippen LogP contribution < -0.4 is 10.6 Å². The number of nitro groups is 1. The fourth-order valence-electron chi connectivity index (χ4n) is 2.62. The molecule has 0 bridgehead atoms. The summed E-state index contributed by atoms with van der Waals surface area (Å²) in [6.45, 7) is 0. The van der Waals surface area contributed by atoms with Gasteiger partial charge in [0.25, 0.3) is 11.6 Å². The Bertz CT molecular complexity index is 921. The molecule has 3 rings (SSSR count). The number of amides is 2. The fraction of sp³-hybridized carbons (Fsp3) is 0.0588. The molecule has 2 aromatic carbocycles. The first-order chi connectivity index (χ1) is 12.0. The van der Waals surface area contributed by atoms with Crippen molar-refractivity contribution in [2.24, 2.45) is 0 Å². The average Bonchev–Trinajstić information content (AvgIpc) is 2.86. The van der Waals surface area contributed by atoms with Gasteiger partial charge in [0.15, 0.2) is 5.76 Å². The molecular formula is C17H13N3O5. The van der Waals surface area contributed by atoms with Gasteiger partial charge in [0.1, 0.15) is 0 Å². The second-order valence-electron chi connectivity index (χ2n) is 5.22. The number of anilines is 2. The molecule has 0 fully saturated rings. The fourth-order valence-corrected chi connectivity index (χ4v) is 2.62. The summed E-state index contributed by atoms with van der Waals surface area (Å²) in [6.07, 6.45) is 0. The van der Waals surface area contributed by atoms with Crippen LogP contribution in [0.25, 0.3) is 5.57 Å². The molecule has 0 unspecified atom stereocenters. The minimum absolute atomic E-state index is 0.0512. The lowest BCUT2D eigenvalue weighted by Gasteiger charge is -2.16. The monoisotopic (exact) mass is 339 g/mol. The normalized spacial score (nSPS) is 14.2. The van der Waals surface area contributed by atoms with Crippen molar-refractivity contribution in [2.75, 3.05) is 17.7 Å². The van der Waals surface area contributed by atoms with Crippen molar-refractivity contribution in [3.05, 3.63) is 70.0 Å². The Morgan fingerprint density at radius 3 is 2.36 bits per heavy atom. The Hall–Kier alpha value is -3.68. The third-order valence-corrected chi connectivity index (χ3v) is 3.77. The summed E-state index contributed by atoms with van der Waals surface area (Å²) in [5, 5.41) is 11.0. The Morgan fingerprint density at radius 1 is 1.08 bits per heavy atom. The number of rotatable bonds is 4. The Morgan fingerprint density at radius 2 is 1.76 bits per heavy atom. The summed E-state index contributed by atoms with van der Waals surface area (Å²) in [7, 11) is 1.28. The van der Waals surface area contributed by atoms with Crippen molar-refractivity contribution in [1.29, 1.82) is 0 Å². The van der Waals surface area contributed by atoms with E-state index in [9.17, 15) is 19.7 Å². The van der Waals surface area contributed by atoms with E-state index in [-0.39, 0.29) is 28.4 Å². The number of imide groups is 1. The van der Waals surface area contributed by atoms with Crippen LogP contribution in [0.2, 0.25) is 0 Å². The predicted octanol–water partition coefficient (Wildman–Crippen LogP) is 2.11. The molecule has 0 aromatic heterocycles. The van der Waals surface area contributed by atoms with Crippen molar-refractivity contribution in [3.63, 3.8) is 0 Å². The maximum atomic E-state index is 12.9. The smallest absolute Gasteiger partial charge is 0.301 e. The maximum absolute atomic E-state index is 12.9. The van der Waals surface area contributed by atoms with Crippen LogP contribution in [0.3, 0.4) is 0 Å². The minimum Gasteiger partial charge on any atom is -0.490 e. The van der Waals surface area contributed by atoms with Gasteiger partial charge < -0.3 is 10.5 Å². The summed E-state index contributed by atoms with van der Waals surface area (Å²) in [5.74, 6) is -1.51. The number of benzene rings is 2. The molecule has 126 valence electrons. The van der Waals surface area contributed by atoms with E-state index in [0.717, 1.165) is 11.0 Å². The standard InChI is InChI=1S/C17H13N3O5/c1-25-15-14(10-5-3-2-4-6-10)16(21)19(17(15)22)13-9-11(20(23)24)7-8-12(13)18/h2-9H,18H2,1H3. The maximum Gasteiger partial charge on any atom is 0.301 e. The van der Waals surface area contributed by atoms with Crippen LogP contribution in [0, 0.1) is 10.1 Å². The number of hydrogen-bond donors (Lipinski definition) is 1. The van der Waals surface area contributed by atoms with Crippen LogP contribution in [0.5, 0.6) is 0 Å². The topological polar surface area (TPSA) is 116 Å². The number of methoxy groups -OCH3 is 1. The van der Waals surface area contributed by atoms with Gasteiger partial charge >= 0.3 is 5.91 Å². The molecule has 25 heavy (non-hydrogen) atoms. The summed E-state index contributed by atoms with van der Waals surface area (Å²) < 4.78 is 5.12. The number of nitrogen functional groups attached to an aromatic ring is 1. The van der Waals surface area contributed by atoms with E-state index in [1.807, 2.05) is 0 Å². The Kier molecular flexibility index (Phi) is 3.94. The quantitative estimate of drug-likeness (QED) is 0.395. The van der Waals surface area contributed by atoms with Crippen molar-refractivity contribution in [1.82, 2.24) is 0 Å². The van der Waals surface area contributed by atoms with Gasteiger partial charge in [0.05, 0.1) is 29.0 Å². The number of nitrogens with zero attached hydrogens (tertiary/aromatic N) is 2. The number of ether oxygens (including phenoxy) is 1. The third kappa shape index (κ3) is 2.59. The zero-order valence-corrected chi connectivity index (χ0v) is 13.1. The Labute approximate surface area is 142 Å². The second-order valence-corrected chi connectivity index (χ2v) is 5.22. The van der Waals surface area contributed by atoms with Gasteiger partial charge in [-0.05, 0) is 11.6 Å². The zero-order valence-electron chi connectivity index (χ0n) is 13.1. The number of non-ortho nitro benzene ring substituents is 1. The summed E-state index contributed by atoms with van der Waals surface area (Å²) in [6, 6.07) is 12.1. The molecule has 0 saturated carbocycles. The van der Waals surface area contributed by atoms with Gasteiger partial charge in [-0.25, -0.2) is 4.90 Å². The first-order valence-electron chi connectivity index (χ1n) is 7.22. The Balaban J connectivity index is 2.13. The molecular weight excluding hydrogens is 326 g/mol. The highest BCUT2D eigenvalue weighted by molar-refractivity contribution is 6.45. The minimum atomic E-state index is -0.724. The third-order valence-electron chi connectivity index (χ3n) is 3.77. The lowest BCUT2D eigenvalue weighted by molar-refractivity contribution is -0.384. The molecule has 1 aliphatic rings. The van der Waals surface area contributed by atoms with E-state index in [4.69, 9.17) is 10.5 Å². The molecule has 0 spiro atoms. The predicted molar refractivity (Wildman–Crippen MR) is 90.4 cm³/mol. The van der Waals surface area contributed by atoms with Gasteiger partial charge in [0, 0.05) is 12.1 Å². The van der Waals surface area contributed by atoms with Crippen LogP contribution >= 0.6 is 0 Å². The highest BCUT2D eigenvalue weighted by Crippen LogP contribution is 2.37. The molecule has 1 heterocycles. The highest BCUT2D eigenvalue weighted by Gasteiger charge is 2.42. The molecule has 0 saturated heterocycles. The molecule has 2 aromatic rings. The zero-order chi connectivity index (χ0) is 18.1. The molecule has 0 aliphatic carbocycles. The van der Waals surface area contributed by atoms with E-state index < -0.39 is 16.7 Å². The van der Waals surface area contributed by atoms with E-state index in [1.54, 1.807) is 30.3 Å². The second kappa shape index (κ2) is 6.08. The number of nitro benzene ring substituents is 1. The molecule has 8 heteroatoms. The van der Waals surface area contributed by atoms with Crippen molar-refractivity contribution < 1.29 is 19.2 Å². The van der Waals surface area contributed by atoms with E-state index in [1.165, 1.54) is 19.2 Å². The number of carbonyl (C=O) groups excluding carboxylic acids is 2. The lowest BCUT2D eigenvalue weighted by Crippen LogP contribution is -2.32. The molecule has 1 aliphatic heterocycles. The summed E-state index contributed by atoms with van der Waals surface area (Å²) in [4.78, 5) is 36.7. The average molecular weight is 339 g/mol. The number of carbonyl (C=O) groups is 2. The van der Waals surface area contributed by atoms with E-state index >= 15 is 0 Å². The van der Waals surface area contributed by atoms with Gasteiger partial charge in [-0.3, -0.25) is 19.7 Å². The summed E-state index contributed by atoms with van der Waals surface area (Å²) in [5.41, 5.74) is 6.16.